The Morgan fingerprint density at radius 3 is 2.68 bits per heavy atom. The van der Waals surface area contributed by atoms with E-state index < -0.39 is 17.2 Å². The average Bonchev–Trinajstić information content (AvgIpc) is 2.52. The molecule has 0 aliphatic heterocycles. The molecule has 0 radical (unpaired) electrons. The van der Waals surface area contributed by atoms with E-state index in [-0.39, 0.29) is 12.2 Å². The zero-order valence-corrected chi connectivity index (χ0v) is 11.4. The van der Waals surface area contributed by atoms with E-state index in [9.17, 15) is 14.0 Å². The summed E-state index contributed by atoms with van der Waals surface area (Å²) in [7, 11) is 0. The second-order valence-electron chi connectivity index (χ2n) is 4.65. The summed E-state index contributed by atoms with van der Waals surface area (Å²) in [5.74, 6) is -0.681. The summed E-state index contributed by atoms with van der Waals surface area (Å²) in [6, 6.07) is 13.6. The number of carbonyl (C=O) groups is 1. The predicted molar refractivity (Wildman–Crippen MR) is 78.7 cm³/mol. The van der Waals surface area contributed by atoms with Gasteiger partial charge in [0.05, 0.1) is 5.56 Å². The van der Waals surface area contributed by atoms with Crippen LogP contribution in [0.2, 0.25) is 0 Å². The van der Waals surface area contributed by atoms with Gasteiger partial charge in [0.2, 0.25) is 5.78 Å². The summed E-state index contributed by atoms with van der Waals surface area (Å²) in [5, 5.41) is 0.743. The quantitative estimate of drug-likeness (QED) is 0.548. The molecule has 2 aromatic carbocycles. The van der Waals surface area contributed by atoms with Gasteiger partial charge in [-0.05, 0) is 30.3 Å². The minimum atomic E-state index is -0.583. The number of benzene rings is 2. The monoisotopic (exact) mass is 298 g/mol. The van der Waals surface area contributed by atoms with Gasteiger partial charge >= 0.3 is 5.63 Å². The maximum atomic E-state index is 13.5. The number of hydrogen-bond acceptors (Lipinski definition) is 4. The third kappa shape index (κ3) is 2.88. The molecule has 0 spiro atoms. The van der Waals surface area contributed by atoms with E-state index >= 15 is 0 Å². The molecule has 110 valence electrons. The normalized spacial score (nSPS) is 10.6. The fourth-order valence-corrected chi connectivity index (χ4v) is 2.04. The number of Topliss-reactive ketones (excluding diaryl/α,β-unsaturated/α-hetero) is 1. The molecule has 1 heterocycles. The van der Waals surface area contributed by atoms with Crippen molar-refractivity contribution < 1.29 is 18.3 Å². The standard InChI is InChI=1S/C17H11FO4/c18-14-4-2-1-3-13(14)15(19)10-21-12-7-5-11-6-8-17(20)22-16(11)9-12/h1-9H,10H2. The van der Waals surface area contributed by atoms with Crippen LogP contribution in [-0.2, 0) is 0 Å². The molecule has 0 saturated heterocycles. The first-order valence-corrected chi connectivity index (χ1v) is 6.58. The Hall–Kier alpha value is -2.95. The topological polar surface area (TPSA) is 56.5 Å². The molecule has 0 saturated carbocycles. The van der Waals surface area contributed by atoms with E-state index in [1.54, 1.807) is 24.3 Å². The van der Waals surface area contributed by atoms with Gasteiger partial charge in [-0.25, -0.2) is 9.18 Å². The predicted octanol–water partition coefficient (Wildman–Crippen LogP) is 3.19. The number of fused-ring (bicyclic) bond motifs is 1. The van der Waals surface area contributed by atoms with Gasteiger partial charge in [0.15, 0.2) is 6.61 Å². The van der Waals surface area contributed by atoms with Crippen molar-refractivity contribution in [1.82, 2.24) is 0 Å². The van der Waals surface area contributed by atoms with E-state index in [2.05, 4.69) is 0 Å². The van der Waals surface area contributed by atoms with Crippen molar-refractivity contribution in [3.8, 4) is 5.75 Å². The number of ketones is 1. The highest BCUT2D eigenvalue weighted by molar-refractivity contribution is 5.97. The summed E-state index contributed by atoms with van der Waals surface area (Å²) in [5.41, 5.74) is -0.120. The number of ether oxygens (including phenoxy) is 1. The lowest BCUT2D eigenvalue weighted by Crippen LogP contribution is -2.13. The Kier molecular flexibility index (Phi) is 3.70. The second kappa shape index (κ2) is 5.81. The van der Waals surface area contributed by atoms with Crippen LogP contribution in [0, 0.1) is 5.82 Å². The summed E-state index contributed by atoms with van der Waals surface area (Å²) in [6.45, 7) is -0.302. The van der Waals surface area contributed by atoms with E-state index in [1.165, 1.54) is 30.3 Å². The Morgan fingerprint density at radius 2 is 1.86 bits per heavy atom. The van der Waals surface area contributed by atoms with Crippen LogP contribution in [-0.4, -0.2) is 12.4 Å². The molecule has 5 heteroatoms. The summed E-state index contributed by atoms with van der Waals surface area (Å²) < 4.78 is 23.9. The van der Waals surface area contributed by atoms with Crippen molar-refractivity contribution in [1.29, 1.82) is 0 Å². The first kappa shape index (κ1) is 14.0. The fourth-order valence-electron chi connectivity index (χ4n) is 2.04. The highest BCUT2D eigenvalue weighted by atomic mass is 19.1. The van der Waals surface area contributed by atoms with Gasteiger partial charge in [-0.3, -0.25) is 4.79 Å². The molecule has 0 N–H and O–H groups in total. The Bertz CT molecular complexity index is 898. The van der Waals surface area contributed by atoms with E-state index in [0.29, 0.717) is 11.3 Å². The van der Waals surface area contributed by atoms with E-state index in [4.69, 9.17) is 9.15 Å². The van der Waals surface area contributed by atoms with Crippen LogP contribution in [0.25, 0.3) is 11.0 Å². The number of hydrogen-bond donors (Lipinski definition) is 0. The van der Waals surface area contributed by atoms with Crippen molar-refractivity contribution in [2.45, 2.75) is 0 Å². The fraction of sp³-hybridized carbons (Fsp3) is 0.0588. The van der Waals surface area contributed by atoms with Crippen molar-refractivity contribution in [3.05, 3.63) is 76.4 Å². The van der Waals surface area contributed by atoms with Crippen LogP contribution in [0.15, 0.2) is 63.8 Å². The van der Waals surface area contributed by atoms with E-state index in [0.717, 1.165) is 5.39 Å². The Morgan fingerprint density at radius 1 is 1.09 bits per heavy atom. The molecule has 22 heavy (non-hydrogen) atoms. The van der Waals surface area contributed by atoms with Crippen LogP contribution in [0.5, 0.6) is 5.75 Å². The Balaban J connectivity index is 1.78. The van der Waals surface area contributed by atoms with Gasteiger partial charge < -0.3 is 9.15 Å². The van der Waals surface area contributed by atoms with Crippen LogP contribution in [0.1, 0.15) is 10.4 Å². The molecule has 0 fully saturated rings. The summed E-state index contributed by atoms with van der Waals surface area (Å²) >= 11 is 0. The lowest BCUT2D eigenvalue weighted by Gasteiger charge is -2.06. The third-order valence-electron chi connectivity index (χ3n) is 3.14. The van der Waals surface area contributed by atoms with Gasteiger partial charge in [0.1, 0.15) is 17.1 Å². The highest BCUT2D eigenvalue weighted by Gasteiger charge is 2.11. The van der Waals surface area contributed by atoms with E-state index in [1.807, 2.05) is 0 Å². The van der Waals surface area contributed by atoms with Crippen molar-refractivity contribution in [3.63, 3.8) is 0 Å². The number of halogens is 1. The molecule has 0 atom stereocenters. The highest BCUT2D eigenvalue weighted by Crippen LogP contribution is 2.19. The first-order valence-electron chi connectivity index (χ1n) is 6.58. The van der Waals surface area contributed by atoms with Crippen LogP contribution >= 0.6 is 0 Å². The largest absolute Gasteiger partial charge is 0.485 e. The molecule has 0 aliphatic rings. The minimum Gasteiger partial charge on any atom is -0.485 e. The van der Waals surface area contributed by atoms with Crippen LogP contribution in [0.4, 0.5) is 4.39 Å². The van der Waals surface area contributed by atoms with Crippen molar-refractivity contribution >= 4 is 16.8 Å². The van der Waals surface area contributed by atoms with Gasteiger partial charge in [-0.2, -0.15) is 0 Å². The zero-order valence-electron chi connectivity index (χ0n) is 11.4. The van der Waals surface area contributed by atoms with Crippen LogP contribution in [0.3, 0.4) is 0 Å². The molecular formula is C17H11FO4. The molecule has 0 unspecified atom stereocenters. The number of carbonyl (C=O) groups excluding carboxylic acids is 1. The van der Waals surface area contributed by atoms with Gasteiger partial charge in [0.25, 0.3) is 0 Å². The first-order chi connectivity index (χ1) is 10.6. The maximum absolute atomic E-state index is 13.5. The molecule has 3 aromatic rings. The Labute approximate surface area is 124 Å². The maximum Gasteiger partial charge on any atom is 0.336 e. The second-order valence-corrected chi connectivity index (χ2v) is 4.65. The molecular weight excluding hydrogens is 287 g/mol. The zero-order chi connectivity index (χ0) is 15.5. The van der Waals surface area contributed by atoms with Crippen molar-refractivity contribution in [2.24, 2.45) is 0 Å². The summed E-state index contributed by atoms with van der Waals surface area (Å²) in [4.78, 5) is 23.1. The lowest BCUT2D eigenvalue weighted by atomic mass is 10.1. The van der Waals surface area contributed by atoms with Gasteiger partial charge in [0, 0.05) is 17.5 Å². The molecule has 3 rings (SSSR count). The third-order valence-corrected chi connectivity index (χ3v) is 3.14. The number of rotatable bonds is 4. The lowest BCUT2D eigenvalue weighted by molar-refractivity contribution is 0.0917. The average molecular weight is 298 g/mol. The smallest absolute Gasteiger partial charge is 0.336 e. The molecule has 0 aliphatic carbocycles. The van der Waals surface area contributed by atoms with Crippen LogP contribution < -0.4 is 10.4 Å². The molecule has 4 nitrogen and oxygen atoms in total. The summed E-state index contributed by atoms with van der Waals surface area (Å²) in [6.07, 6.45) is 0. The minimum absolute atomic E-state index is 0.0187. The van der Waals surface area contributed by atoms with Gasteiger partial charge in [-0.15, -0.1) is 0 Å². The SMILES string of the molecule is O=C(COc1ccc2ccc(=O)oc2c1)c1ccccc1F. The molecule has 0 amide bonds. The van der Waals surface area contributed by atoms with Gasteiger partial charge in [-0.1, -0.05) is 12.1 Å². The molecule has 1 aromatic heterocycles. The molecule has 0 bridgehead atoms. The van der Waals surface area contributed by atoms with Crippen molar-refractivity contribution in [2.75, 3.05) is 6.61 Å².